The molecule has 2 rings (SSSR count). The molecule has 5 nitrogen and oxygen atoms in total. The van der Waals surface area contributed by atoms with Crippen LogP contribution in [0.4, 0.5) is 0 Å². The normalized spacial score (nSPS) is 20.0. The number of aliphatic hydroxyl groups is 1. The molecule has 0 spiro atoms. The summed E-state index contributed by atoms with van der Waals surface area (Å²) < 4.78 is 0. The van der Waals surface area contributed by atoms with E-state index in [-0.39, 0.29) is 6.10 Å². The molecule has 0 unspecified atom stereocenters. The molecule has 5 heteroatoms. The van der Waals surface area contributed by atoms with Gasteiger partial charge in [0.15, 0.2) is 0 Å². The Hall–Kier alpha value is -1.43. The van der Waals surface area contributed by atoms with Crippen molar-refractivity contribution < 1.29 is 9.90 Å². The van der Waals surface area contributed by atoms with Gasteiger partial charge < -0.3 is 10.0 Å². The van der Waals surface area contributed by atoms with Gasteiger partial charge in [0.2, 0.25) is 6.41 Å². The van der Waals surface area contributed by atoms with E-state index in [1.54, 1.807) is 0 Å². The van der Waals surface area contributed by atoms with Crippen LogP contribution >= 0.6 is 0 Å². The van der Waals surface area contributed by atoms with Gasteiger partial charge in [-0.15, -0.1) is 0 Å². The lowest BCUT2D eigenvalue weighted by Gasteiger charge is -2.26. The van der Waals surface area contributed by atoms with Crippen LogP contribution in [0.15, 0.2) is 30.3 Å². The van der Waals surface area contributed by atoms with E-state index >= 15 is 0 Å². The molecule has 0 aromatic heterocycles. The number of rotatable bonds is 5. The van der Waals surface area contributed by atoms with Gasteiger partial charge in [-0.25, -0.2) is 0 Å². The average molecular weight is 305 g/mol. The van der Waals surface area contributed by atoms with Crippen LogP contribution in [0.3, 0.4) is 0 Å². The fourth-order valence-electron chi connectivity index (χ4n) is 2.82. The first kappa shape index (κ1) is 16.9. The highest BCUT2D eigenvalue weighted by molar-refractivity contribution is 5.46. The van der Waals surface area contributed by atoms with E-state index in [9.17, 15) is 9.90 Å². The number of hydrogen-bond acceptors (Lipinski definition) is 4. The van der Waals surface area contributed by atoms with E-state index in [0.717, 1.165) is 52.2 Å². The van der Waals surface area contributed by atoms with Crippen molar-refractivity contribution in [3.8, 4) is 0 Å². The molecule has 1 saturated heterocycles. The fourth-order valence-corrected chi connectivity index (χ4v) is 2.82. The maximum atomic E-state index is 11.2. The lowest BCUT2D eigenvalue weighted by atomic mass is 10.2. The molecule has 1 aliphatic rings. The Morgan fingerprint density at radius 3 is 2.27 bits per heavy atom. The minimum Gasteiger partial charge on any atom is -0.392 e. The summed E-state index contributed by atoms with van der Waals surface area (Å²) in [6, 6.07) is 10.4. The van der Waals surface area contributed by atoms with Crippen LogP contribution in [0.5, 0.6) is 0 Å². The monoisotopic (exact) mass is 305 g/mol. The zero-order valence-corrected chi connectivity index (χ0v) is 13.4. The van der Waals surface area contributed by atoms with E-state index in [4.69, 9.17) is 0 Å². The summed E-state index contributed by atoms with van der Waals surface area (Å²) in [5, 5.41) is 9.62. The number of β-amino-alcohol motifs (C(OH)–C–C–N with tert-alkyl or cyclic N) is 1. The van der Waals surface area contributed by atoms with Crippen molar-refractivity contribution >= 4 is 6.41 Å². The van der Waals surface area contributed by atoms with Crippen LogP contribution in [0, 0.1) is 0 Å². The van der Waals surface area contributed by atoms with Crippen molar-refractivity contribution in [1.29, 1.82) is 0 Å². The summed E-state index contributed by atoms with van der Waals surface area (Å²) in [7, 11) is 0. The second-order valence-corrected chi connectivity index (χ2v) is 6.05. The Morgan fingerprint density at radius 2 is 1.64 bits per heavy atom. The van der Waals surface area contributed by atoms with Gasteiger partial charge in [-0.1, -0.05) is 30.3 Å². The third-order valence-corrected chi connectivity index (χ3v) is 4.06. The summed E-state index contributed by atoms with van der Waals surface area (Å²) in [6.45, 7) is 8.44. The first-order valence-corrected chi connectivity index (χ1v) is 8.03. The number of nitrogens with zero attached hydrogens (tertiary/aromatic N) is 3. The second-order valence-electron chi connectivity index (χ2n) is 6.05. The average Bonchev–Trinajstić information content (AvgIpc) is 2.60. The molecule has 0 saturated carbocycles. The first-order chi connectivity index (χ1) is 10.7. The Labute approximate surface area is 133 Å². The van der Waals surface area contributed by atoms with Crippen molar-refractivity contribution in [2.75, 3.05) is 45.8 Å². The van der Waals surface area contributed by atoms with E-state index in [2.05, 4.69) is 34.1 Å². The van der Waals surface area contributed by atoms with Gasteiger partial charge in [0.1, 0.15) is 0 Å². The van der Waals surface area contributed by atoms with Gasteiger partial charge in [0.25, 0.3) is 0 Å². The first-order valence-electron chi connectivity index (χ1n) is 8.03. The zero-order chi connectivity index (χ0) is 15.8. The van der Waals surface area contributed by atoms with E-state index in [0.29, 0.717) is 6.54 Å². The van der Waals surface area contributed by atoms with Crippen LogP contribution in [0.1, 0.15) is 12.5 Å². The maximum Gasteiger partial charge on any atom is 0.209 e. The molecular formula is C17H27N3O2. The molecule has 1 atom stereocenters. The van der Waals surface area contributed by atoms with Crippen LogP contribution in [-0.4, -0.2) is 78.1 Å². The summed E-state index contributed by atoms with van der Waals surface area (Å²) in [4.78, 5) is 17.6. The van der Waals surface area contributed by atoms with Crippen molar-refractivity contribution in [2.24, 2.45) is 0 Å². The summed E-state index contributed by atoms with van der Waals surface area (Å²) in [5.74, 6) is 0. The molecule has 1 heterocycles. The molecule has 1 fully saturated rings. The second kappa shape index (κ2) is 8.88. The molecule has 122 valence electrons. The Bertz CT molecular complexity index is 439. The number of amides is 1. The molecule has 0 aliphatic carbocycles. The van der Waals surface area contributed by atoms with E-state index in [1.807, 2.05) is 17.9 Å². The largest absolute Gasteiger partial charge is 0.392 e. The lowest BCUT2D eigenvalue weighted by Crippen LogP contribution is -2.39. The van der Waals surface area contributed by atoms with Crippen molar-refractivity contribution in [3.05, 3.63) is 35.9 Å². The molecule has 1 aromatic carbocycles. The van der Waals surface area contributed by atoms with E-state index < -0.39 is 0 Å². The van der Waals surface area contributed by atoms with Crippen LogP contribution < -0.4 is 0 Å². The highest BCUT2D eigenvalue weighted by Crippen LogP contribution is 2.07. The topological polar surface area (TPSA) is 47.0 Å². The predicted molar refractivity (Wildman–Crippen MR) is 87.5 cm³/mol. The fraction of sp³-hybridized carbons (Fsp3) is 0.588. The molecule has 1 aliphatic heterocycles. The minimum absolute atomic E-state index is 0.340. The Kier molecular flexibility index (Phi) is 6.83. The van der Waals surface area contributed by atoms with Crippen molar-refractivity contribution in [3.63, 3.8) is 0 Å². The molecular weight excluding hydrogens is 278 g/mol. The van der Waals surface area contributed by atoms with Crippen LogP contribution in [0.25, 0.3) is 0 Å². The molecule has 1 amide bonds. The third-order valence-electron chi connectivity index (χ3n) is 4.06. The van der Waals surface area contributed by atoms with Crippen LogP contribution in [-0.2, 0) is 11.3 Å². The quantitative estimate of drug-likeness (QED) is 0.811. The minimum atomic E-state index is -0.340. The van der Waals surface area contributed by atoms with Gasteiger partial charge in [0.05, 0.1) is 6.10 Å². The number of benzene rings is 1. The van der Waals surface area contributed by atoms with Gasteiger partial charge in [-0.2, -0.15) is 0 Å². The standard InChI is InChI=1S/C17H27N3O2/c1-16(22)13-18-7-8-19(10-12-20(15-21)11-9-18)14-17-5-3-2-4-6-17/h2-6,15-16,22H,7-14H2,1H3/t16-/m0/s1. The summed E-state index contributed by atoms with van der Waals surface area (Å²) in [5.41, 5.74) is 1.29. The highest BCUT2D eigenvalue weighted by Gasteiger charge is 2.16. The predicted octanol–water partition coefficient (Wildman–Crippen LogP) is 0.643. The molecule has 0 radical (unpaired) electrons. The Morgan fingerprint density at radius 1 is 1.05 bits per heavy atom. The van der Waals surface area contributed by atoms with E-state index in [1.165, 1.54) is 5.56 Å². The maximum absolute atomic E-state index is 11.2. The zero-order valence-electron chi connectivity index (χ0n) is 13.4. The third kappa shape index (κ3) is 5.75. The summed E-state index contributed by atoms with van der Waals surface area (Å²) >= 11 is 0. The number of hydrogen-bond donors (Lipinski definition) is 1. The smallest absolute Gasteiger partial charge is 0.209 e. The number of aliphatic hydroxyl groups excluding tert-OH is 1. The van der Waals surface area contributed by atoms with Crippen LogP contribution in [0.2, 0.25) is 0 Å². The van der Waals surface area contributed by atoms with Gasteiger partial charge in [-0.05, 0) is 12.5 Å². The SMILES string of the molecule is C[C@H](O)CN1CCN(C=O)CCN(Cc2ccccc2)CC1. The summed E-state index contributed by atoms with van der Waals surface area (Å²) in [6.07, 6.45) is 0.597. The molecule has 1 N–H and O–H groups in total. The van der Waals surface area contributed by atoms with Gasteiger partial charge in [-0.3, -0.25) is 14.6 Å². The Balaban J connectivity index is 1.98. The van der Waals surface area contributed by atoms with Gasteiger partial charge in [0, 0.05) is 52.4 Å². The van der Waals surface area contributed by atoms with Gasteiger partial charge >= 0.3 is 0 Å². The lowest BCUT2D eigenvalue weighted by molar-refractivity contribution is -0.118. The molecule has 22 heavy (non-hydrogen) atoms. The van der Waals surface area contributed by atoms with Crippen molar-refractivity contribution in [2.45, 2.75) is 19.6 Å². The molecule has 1 aromatic rings. The molecule has 0 bridgehead atoms. The highest BCUT2D eigenvalue weighted by atomic mass is 16.3. The number of carbonyl (C=O) groups is 1. The number of carbonyl (C=O) groups excluding carboxylic acids is 1. The van der Waals surface area contributed by atoms with Crippen molar-refractivity contribution in [1.82, 2.24) is 14.7 Å².